The molecule has 0 aromatic carbocycles. The number of ether oxygens (including phenoxy) is 2. The molecule has 1 atom stereocenters. The normalized spacial score (nSPS) is 20.5. The van der Waals surface area contributed by atoms with E-state index in [1.54, 1.807) is 28.4 Å². The topological polar surface area (TPSA) is 46.2 Å². The maximum atomic E-state index is 5.65. The van der Waals surface area contributed by atoms with E-state index >= 15 is 0 Å². The van der Waals surface area contributed by atoms with Crippen LogP contribution in [0, 0.1) is 5.41 Å². The zero-order valence-corrected chi connectivity index (χ0v) is 13.2. The second-order valence-corrected chi connectivity index (χ2v) is 8.18. The highest BCUT2D eigenvalue weighted by atomic mass is 28.4. The van der Waals surface area contributed by atoms with Crippen molar-refractivity contribution >= 4 is 8.80 Å². The monoisotopic (exact) mass is 278 g/mol. The van der Waals surface area contributed by atoms with Gasteiger partial charge in [-0.15, -0.1) is 0 Å². The minimum Gasteiger partial charge on any atom is -0.385 e. The molecule has 0 aromatic rings. The third-order valence-electron chi connectivity index (χ3n) is 3.83. The lowest BCUT2D eigenvalue weighted by molar-refractivity contribution is -0.118. The van der Waals surface area contributed by atoms with E-state index in [0.29, 0.717) is 0 Å². The molecular weight excluding hydrogens is 252 g/mol. The number of methoxy groups -OCH3 is 1. The molecule has 18 heavy (non-hydrogen) atoms. The summed E-state index contributed by atoms with van der Waals surface area (Å²) in [4.78, 5) is 0. The summed E-state index contributed by atoms with van der Waals surface area (Å²) < 4.78 is 27.5. The second kappa shape index (κ2) is 6.98. The molecule has 0 amide bonds. The number of rotatable bonds is 9. The van der Waals surface area contributed by atoms with E-state index in [4.69, 9.17) is 22.8 Å². The first-order valence-electron chi connectivity index (χ1n) is 6.30. The summed E-state index contributed by atoms with van der Waals surface area (Å²) in [6, 6.07) is 0. The van der Waals surface area contributed by atoms with Gasteiger partial charge in [-0.1, -0.05) is 6.92 Å². The van der Waals surface area contributed by atoms with Gasteiger partial charge in [-0.3, -0.25) is 0 Å². The molecular formula is C12H26O5Si. The first kappa shape index (κ1) is 16.1. The molecule has 0 N–H and O–H groups in total. The molecule has 5 nitrogen and oxygen atoms in total. The van der Waals surface area contributed by atoms with Crippen LogP contribution in [0.3, 0.4) is 0 Å². The molecule has 1 unspecified atom stereocenters. The summed E-state index contributed by atoms with van der Waals surface area (Å²) in [6.07, 6.45) is 1.94. The van der Waals surface area contributed by atoms with Crippen molar-refractivity contribution in [2.45, 2.75) is 25.3 Å². The maximum Gasteiger partial charge on any atom is 0.504 e. The van der Waals surface area contributed by atoms with Gasteiger partial charge < -0.3 is 22.8 Å². The van der Waals surface area contributed by atoms with Crippen LogP contribution >= 0.6 is 0 Å². The van der Waals surface area contributed by atoms with Crippen molar-refractivity contribution in [3.8, 4) is 0 Å². The fourth-order valence-electron chi connectivity index (χ4n) is 2.69. The fraction of sp³-hybridized carbons (Fsp3) is 1.00. The largest absolute Gasteiger partial charge is 0.504 e. The molecule has 0 aliphatic carbocycles. The lowest BCUT2D eigenvalue weighted by atomic mass is 9.82. The summed E-state index contributed by atoms with van der Waals surface area (Å²) in [6.45, 7) is 4.45. The van der Waals surface area contributed by atoms with Gasteiger partial charge in [0.25, 0.3) is 0 Å². The average molecular weight is 278 g/mol. The Balaban J connectivity index is 2.80. The molecule has 0 spiro atoms. The summed E-state index contributed by atoms with van der Waals surface area (Å²) >= 11 is 0. The molecule has 0 aromatic heterocycles. The predicted molar refractivity (Wildman–Crippen MR) is 70.6 cm³/mol. The van der Waals surface area contributed by atoms with E-state index in [-0.39, 0.29) is 11.0 Å². The Morgan fingerprint density at radius 3 is 2.00 bits per heavy atom. The van der Waals surface area contributed by atoms with Crippen LogP contribution in [0.15, 0.2) is 0 Å². The molecule has 1 heterocycles. The van der Waals surface area contributed by atoms with Gasteiger partial charge in [-0.05, 0) is 12.8 Å². The highest BCUT2D eigenvalue weighted by Gasteiger charge is 2.57. The van der Waals surface area contributed by atoms with Crippen LogP contribution in [-0.2, 0) is 22.8 Å². The van der Waals surface area contributed by atoms with Gasteiger partial charge in [-0.2, -0.15) is 0 Å². The molecule has 1 fully saturated rings. The van der Waals surface area contributed by atoms with Gasteiger partial charge in [0.15, 0.2) is 0 Å². The van der Waals surface area contributed by atoms with Crippen molar-refractivity contribution in [1.82, 2.24) is 0 Å². The standard InChI is InChI=1S/C12H26O5Si/c1-12(9-17-10-12)11(7-6-8-13-2)18(14-3,15-4)16-5/h11H,6-10H2,1-5H3. The van der Waals surface area contributed by atoms with Crippen molar-refractivity contribution in [3.63, 3.8) is 0 Å². The molecule has 1 aliphatic rings. The second-order valence-electron chi connectivity index (χ2n) is 5.05. The molecule has 1 saturated heterocycles. The van der Waals surface area contributed by atoms with Crippen LogP contribution in [-0.4, -0.2) is 57.1 Å². The summed E-state index contributed by atoms with van der Waals surface area (Å²) in [7, 11) is 4.10. The van der Waals surface area contributed by atoms with Crippen LogP contribution < -0.4 is 0 Å². The maximum absolute atomic E-state index is 5.65. The minimum atomic E-state index is -2.64. The van der Waals surface area contributed by atoms with Crippen LogP contribution in [0.1, 0.15) is 19.8 Å². The Bertz CT molecular complexity index is 232. The summed E-state index contributed by atoms with van der Waals surface area (Å²) in [5.74, 6) is 0. The third kappa shape index (κ3) is 3.12. The molecule has 1 rings (SSSR count). The summed E-state index contributed by atoms with van der Waals surface area (Å²) in [5, 5.41) is 0. The number of hydrogen-bond acceptors (Lipinski definition) is 5. The highest BCUT2D eigenvalue weighted by molar-refractivity contribution is 6.62. The van der Waals surface area contributed by atoms with Gasteiger partial charge in [-0.25, -0.2) is 0 Å². The molecule has 6 heteroatoms. The average Bonchev–Trinajstić information content (AvgIpc) is 2.36. The van der Waals surface area contributed by atoms with Gasteiger partial charge in [0.1, 0.15) is 0 Å². The first-order valence-corrected chi connectivity index (χ1v) is 8.11. The van der Waals surface area contributed by atoms with E-state index < -0.39 is 8.80 Å². The van der Waals surface area contributed by atoms with Gasteiger partial charge in [0.05, 0.1) is 13.2 Å². The molecule has 0 bridgehead atoms. The van der Waals surface area contributed by atoms with Crippen molar-refractivity contribution in [2.75, 3.05) is 48.3 Å². The Hall–Kier alpha value is 0.0169. The highest BCUT2D eigenvalue weighted by Crippen LogP contribution is 2.48. The quantitative estimate of drug-likeness (QED) is 0.474. The van der Waals surface area contributed by atoms with Crippen molar-refractivity contribution < 1.29 is 22.8 Å². The van der Waals surface area contributed by atoms with Gasteiger partial charge in [0, 0.05) is 46.0 Å². The first-order chi connectivity index (χ1) is 8.58. The van der Waals surface area contributed by atoms with Crippen LogP contribution in [0.5, 0.6) is 0 Å². The minimum absolute atomic E-state index is 0.0853. The van der Waals surface area contributed by atoms with Crippen LogP contribution in [0.4, 0.5) is 0 Å². The van der Waals surface area contributed by atoms with E-state index in [1.165, 1.54) is 0 Å². The Morgan fingerprint density at radius 1 is 1.11 bits per heavy atom. The zero-order chi connectivity index (χ0) is 13.6. The summed E-state index contributed by atoms with van der Waals surface area (Å²) in [5.41, 5.74) is 0.330. The Labute approximate surface area is 111 Å². The van der Waals surface area contributed by atoms with E-state index in [2.05, 4.69) is 6.92 Å². The molecule has 0 radical (unpaired) electrons. The Kier molecular flexibility index (Phi) is 6.23. The molecule has 1 aliphatic heterocycles. The third-order valence-corrected chi connectivity index (χ3v) is 7.37. The predicted octanol–water partition coefficient (Wildman–Crippen LogP) is 1.70. The SMILES string of the molecule is COCCCC(C1(C)COC1)[Si](OC)(OC)OC. The zero-order valence-electron chi connectivity index (χ0n) is 12.2. The van der Waals surface area contributed by atoms with Gasteiger partial charge >= 0.3 is 8.80 Å². The molecule has 108 valence electrons. The van der Waals surface area contributed by atoms with E-state index in [0.717, 1.165) is 32.7 Å². The lowest BCUT2D eigenvalue weighted by Crippen LogP contribution is -2.58. The van der Waals surface area contributed by atoms with Crippen molar-refractivity contribution in [2.24, 2.45) is 5.41 Å². The van der Waals surface area contributed by atoms with Crippen LogP contribution in [0.25, 0.3) is 0 Å². The molecule has 0 saturated carbocycles. The fourth-order valence-corrected chi connectivity index (χ4v) is 5.62. The van der Waals surface area contributed by atoms with Crippen molar-refractivity contribution in [1.29, 1.82) is 0 Å². The van der Waals surface area contributed by atoms with E-state index in [1.807, 2.05) is 0 Å². The van der Waals surface area contributed by atoms with Crippen molar-refractivity contribution in [3.05, 3.63) is 0 Å². The van der Waals surface area contributed by atoms with E-state index in [9.17, 15) is 0 Å². The van der Waals surface area contributed by atoms with Gasteiger partial charge in [0.2, 0.25) is 0 Å². The number of hydrogen-bond donors (Lipinski definition) is 0. The Morgan fingerprint density at radius 2 is 1.67 bits per heavy atom. The van der Waals surface area contributed by atoms with Crippen LogP contribution in [0.2, 0.25) is 5.54 Å². The smallest absolute Gasteiger partial charge is 0.385 e. The lowest BCUT2D eigenvalue weighted by Gasteiger charge is -2.48.